The SMILES string of the molecule is Cc1ccc(C(C)NC(=O)Cc2cccc(Cl)c2)c(C)c1. The number of hydrogen-bond acceptors (Lipinski definition) is 1. The van der Waals surface area contributed by atoms with Gasteiger partial charge in [-0.1, -0.05) is 47.5 Å². The summed E-state index contributed by atoms with van der Waals surface area (Å²) in [4.78, 5) is 12.1. The molecule has 1 N–H and O–H groups in total. The number of amides is 1. The number of aryl methyl sites for hydroxylation is 2. The molecule has 0 bridgehead atoms. The molecule has 110 valence electrons. The highest BCUT2D eigenvalue weighted by Crippen LogP contribution is 2.19. The Balaban J connectivity index is 2.02. The van der Waals surface area contributed by atoms with Crippen molar-refractivity contribution in [1.82, 2.24) is 5.32 Å². The van der Waals surface area contributed by atoms with Gasteiger partial charge < -0.3 is 5.32 Å². The van der Waals surface area contributed by atoms with Gasteiger partial charge in [-0.25, -0.2) is 0 Å². The van der Waals surface area contributed by atoms with Crippen LogP contribution < -0.4 is 5.32 Å². The number of nitrogens with one attached hydrogen (secondary N) is 1. The molecule has 2 rings (SSSR count). The van der Waals surface area contributed by atoms with Crippen molar-refractivity contribution in [2.45, 2.75) is 33.2 Å². The second kappa shape index (κ2) is 6.77. The Hall–Kier alpha value is -1.80. The largest absolute Gasteiger partial charge is 0.349 e. The first kappa shape index (κ1) is 15.6. The summed E-state index contributed by atoms with van der Waals surface area (Å²) in [7, 11) is 0. The maximum absolute atomic E-state index is 12.1. The molecule has 0 aromatic heterocycles. The molecule has 0 heterocycles. The molecule has 3 heteroatoms. The van der Waals surface area contributed by atoms with Gasteiger partial charge in [0, 0.05) is 5.02 Å². The summed E-state index contributed by atoms with van der Waals surface area (Å²) in [5.74, 6) is 0.00439. The maximum Gasteiger partial charge on any atom is 0.224 e. The number of carbonyl (C=O) groups is 1. The Morgan fingerprint density at radius 2 is 1.95 bits per heavy atom. The molecule has 0 saturated heterocycles. The van der Waals surface area contributed by atoms with E-state index >= 15 is 0 Å². The van der Waals surface area contributed by atoms with Crippen LogP contribution >= 0.6 is 11.6 Å². The lowest BCUT2D eigenvalue weighted by Gasteiger charge is -2.17. The number of rotatable bonds is 4. The van der Waals surface area contributed by atoms with Crippen molar-refractivity contribution in [3.05, 3.63) is 69.7 Å². The molecule has 1 amide bonds. The minimum atomic E-state index is -0.00251. The second-order valence-electron chi connectivity index (χ2n) is 5.46. The average Bonchev–Trinajstić information content (AvgIpc) is 2.38. The fourth-order valence-electron chi connectivity index (χ4n) is 2.51. The lowest BCUT2D eigenvalue weighted by atomic mass is 10.00. The van der Waals surface area contributed by atoms with Gasteiger partial charge in [0.05, 0.1) is 12.5 Å². The monoisotopic (exact) mass is 301 g/mol. The van der Waals surface area contributed by atoms with Crippen LogP contribution in [0.3, 0.4) is 0 Å². The molecule has 21 heavy (non-hydrogen) atoms. The van der Waals surface area contributed by atoms with Crippen LogP contribution in [0, 0.1) is 13.8 Å². The van der Waals surface area contributed by atoms with Gasteiger partial charge in [0.15, 0.2) is 0 Å². The predicted octanol–water partition coefficient (Wildman–Crippen LogP) is 4.38. The smallest absolute Gasteiger partial charge is 0.224 e. The van der Waals surface area contributed by atoms with Crippen molar-refractivity contribution in [3.63, 3.8) is 0 Å². The molecular weight excluding hydrogens is 282 g/mol. The number of hydrogen-bond donors (Lipinski definition) is 1. The summed E-state index contributed by atoms with van der Waals surface area (Å²) in [6.07, 6.45) is 0.343. The third-order valence-corrected chi connectivity index (χ3v) is 3.76. The van der Waals surface area contributed by atoms with Crippen LogP contribution in [0.1, 0.15) is 35.2 Å². The Morgan fingerprint density at radius 1 is 1.19 bits per heavy atom. The van der Waals surface area contributed by atoms with Crippen molar-refractivity contribution >= 4 is 17.5 Å². The lowest BCUT2D eigenvalue weighted by molar-refractivity contribution is -0.121. The van der Waals surface area contributed by atoms with E-state index in [2.05, 4.69) is 37.4 Å². The molecular formula is C18H20ClNO. The van der Waals surface area contributed by atoms with Crippen LogP contribution in [0.4, 0.5) is 0 Å². The number of halogens is 1. The van der Waals surface area contributed by atoms with E-state index in [-0.39, 0.29) is 11.9 Å². The quantitative estimate of drug-likeness (QED) is 0.892. The van der Waals surface area contributed by atoms with Gasteiger partial charge in [0.1, 0.15) is 0 Å². The van der Waals surface area contributed by atoms with Crippen LogP contribution in [0.15, 0.2) is 42.5 Å². The van der Waals surface area contributed by atoms with E-state index in [9.17, 15) is 4.79 Å². The number of benzene rings is 2. The van der Waals surface area contributed by atoms with E-state index in [1.807, 2.05) is 25.1 Å². The standard InChI is InChI=1S/C18H20ClNO/c1-12-7-8-17(13(2)9-12)14(3)20-18(21)11-15-5-4-6-16(19)10-15/h4-10,14H,11H2,1-3H3,(H,20,21). The van der Waals surface area contributed by atoms with Gasteiger partial charge in [-0.15, -0.1) is 0 Å². The summed E-state index contributed by atoms with van der Waals surface area (Å²) in [5.41, 5.74) is 4.51. The maximum atomic E-state index is 12.1. The average molecular weight is 302 g/mol. The van der Waals surface area contributed by atoms with Crippen LogP contribution in [0.5, 0.6) is 0 Å². The second-order valence-corrected chi connectivity index (χ2v) is 5.89. The van der Waals surface area contributed by atoms with Crippen LogP contribution in [-0.4, -0.2) is 5.91 Å². The summed E-state index contributed by atoms with van der Waals surface area (Å²) in [5, 5.41) is 3.70. The van der Waals surface area contributed by atoms with Gasteiger partial charge in [-0.2, -0.15) is 0 Å². The molecule has 0 aliphatic heterocycles. The van der Waals surface area contributed by atoms with E-state index in [0.29, 0.717) is 11.4 Å². The van der Waals surface area contributed by atoms with Gasteiger partial charge >= 0.3 is 0 Å². The zero-order valence-corrected chi connectivity index (χ0v) is 13.4. The molecule has 0 saturated carbocycles. The van der Waals surface area contributed by atoms with Gasteiger partial charge in [-0.3, -0.25) is 4.79 Å². The molecule has 0 radical (unpaired) electrons. The molecule has 2 aromatic carbocycles. The van der Waals surface area contributed by atoms with E-state index < -0.39 is 0 Å². The van der Waals surface area contributed by atoms with Crippen molar-refractivity contribution in [3.8, 4) is 0 Å². The topological polar surface area (TPSA) is 29.1 Å². The Labute approximate surface area is 131 Å². The highest BCUT2D eigenvalue weighted by molar-refractivity contribution is 6.30. The summed E-state index contributed by atoms with van der Waals surface area (Å²) in [6, 6.07) is 13.7. The third kappa shape index (κ3) is 4.33. The lowest BCUT2D eigenvalue weighted by Crippen LogP contribution is -2.28. The van der Waals surface area contributed by atoms with Crippen LogP contribution in [0.25, 0.3) is 0 Å². The normalized spacial score (nSPS) is 12.0. The van der Waals surface area contributed by atoms with Crippen LogP contribution in [-0.2, 0) is 11.2 Å². The van der Waals surface area contributed by atoms with E-state index in [0.717, 1.165) is 11.1 Å². The molecule has 2 nitrogen and oxygen atoms in total. The van der Waals surface area contributed by atoms with E-state index in [1.54, 1.807) is 6.07 Å². The van der Waals surface area contributed by atoms with Crippen molar-refractivity contribution < 1.29 is 4.79 Å². The summed E-state index contributed by atoms with van der Waals surface area (Å²) >= 11 is 5.93. The van der Waals surface area contributed by atoms with Gasteiger partial charge in [0.2, 0.25) is 5.91 Å². The molecule has 0 fully saturated rings. The summed E-state index contributed by atoms with van der Waals surface area (Å²) in [6.45, 7) is 6.15. The minimum absolute atomic E-state index is 0.00251. The zero-order chi connectivity index (χ0) is 15.4. The van der Waals surface area contributed by atoms with Crippen molar-refractivity contribution in [2.75, 3.05) is 0 Å². The molecule has 1 atom stereocenters. The Kier molecular flexibility index (Phi) is 5.03. The molecule has 0 spiro atoms. The first-order valence-electron chi connectivity index (χ1n) is 7.06. The van der Waals surface area contributed by atoms with Crippen molar-refractivity contribution in [1.29, 1.82) is 0 Å². The Morgan fingerprint density at radius 3 is 2.62 bits per heavy atom. The minimum Gasteiger partial charge on any atom is -0.349 e. The molecule has 0 aliphatic carbocycles. The van der Waals surface area contributed by atoms with Crippen LogP contribution in [0.2, 0.25) is 5.02 Å². The Bertz CT molecular complexity index is 651. The summed E-state index contributed by atoms with van der Waals surface area (Å²) < 4.78 is 0. The molecule has 1 unspecified atom stereocenters. The number of carbonyl (C=O) groups excluding carboxylic acids is 1. The van der Waals surface area contributed by atoms with Gasteiger partial charge in [0.25, 0.3) is 0 Å². The fraction of sp³-hybridized carbons (Fsp3) is 0.278. The molecule has 0 aliphatic rings. The van der Waals surface area contributed by atoms with E-state index in [4.69, 9.17) is 11.6 Å². The fourth-order valence-corrected chi connectivity index (χ4v) is 2.73. The van der Waals surface area contributed by atoms with E-state index in [1.165, 1.54) is 11.1 Å². The first-order chi connectivity index (χ1) is 9.95. The zero-order valence-electron chi connectivity index (χ0n) is 12.6. The third-order valence-electron chi connectivity index (χ3n) is 3.52. The first-order valence-corrected chi connectivity index (χ1v) is 7.44. The molecule has 2 aromatic rings. The highest BCUT2D eigenvalue weighted by atomic mass is 35.5. The highest BCUT2D eigenvalue weighted by Gasteiger charge is 2.12. The van der Waals surface area contributed by atoms with Crippen molar-refractivity contribution in [2.24, 2.45) is 0 Å². The van der Waals surface area contributed by atoms with Gasteiger partial charge in [-0.05, 0) is 49.6 Å². The predicted molar refractivity (Wildman–Crippen MR) is 87.6 cm³/mol.